The van der Waals surface area contributed by atoms with Crippen molar-refractivity contribution in [3.63, 3.8) is 0 Å². The van der Waals surface area contributed by atoms with Gasteiger partial charge in [0.1, 0.15) is 18.4 Å². The van der Waals surface area contributed by atoms with Crippen molar-refractivity contribution >= 4 is 27.5 Å². The number of carbonyl (C=O) groups is 2. The molecule has 2 amide bonds. The summed E-state index contributed by atoms with van der Waals surface area (Å²) in [6, 6.07) is 9.13. The maximum absolute atomic E-state index is 13.7. The van der Waals surface area contributed by atoms with Gasteiger partial charge in [0.05, 0.1) is 26.2 Å². The number of amides is 2. The summed E-state index contributed by atoms with van der Waals surface area (Å²) in [5.74, 6) is -0.666. The van der Waals surface area contributed by atoms with Crippen molar-refractivity contribution < 1.29 is 31.9 Å². The van der Waals surface area contributed by atoms with Gasteiger partial charge in [-0.1, -0.05) is 26.0 Å². The highest BCUT2D eigenvalue weighted by atomic mass is 32.2. The van der Waals surface area contributed by atoms with Crippen molar-refractivity contribution in [1.29, 1.82) is 0 Å². The fraction of sp³-hybridized carbons (Fsp3) is 0.462. The van der Waals surface area contributed by atoms with Gasteiger partial charge in [0.15, 0.2) is 11.5 Å². The number of nitrogens with zero attached hydrogens (tertiary/aromatic N) is 2. The van der Waals surface area contributed by atoms with Crippen LogP contribution in [0, 0.1) is 5.82 Å². The van der Waals surface area contributed by atoms with E-state index in [1.807, 2.05) is 13.8 Å². The number of hydrogen-bond acceptors (Lipinski definition) is 6. The van der Waals surface area contributed by atoms with Gasteiger partial charge in [0.2, 0.25) is 21.8 Å². The van der Waals surface area contributed by atoms with Gasteiger partial charge in [-0.15, -0.1) is 0 Å². The van der Waals surface area contributed by atoms with Crippen LogP contribution in [-0.2, 0) is 26.2 Å². The van der Waals surface area contributed by atoms with Gasteiger partial charge >= 0.3 is 0 Å². The van der Waals surface area contributed by atoms with Crippen LogP contribution in [0.15, 0.2) is 42.5 Å². The number of benzene rings is 2. The molecule has 11 heteroatoms. The molecule has 1 N–H and O–H groups in total. The zero-order valence-corrected chi connectivity index (χ0v) is 23.0. The molecule has 2 unspecified atom stereocenters. The number of rotatable bonds is 13. The molecule has 2 atom stereocenters. The summed E-state index contributed by atoms with van der Waals surface area (Å²) in [7, 11) is -1.03. The van der Waals surface area contributed by atoms with Gasteiger partial charge < -0.3 is 19.7 Å². The van der Waals surface area contributed by atoms with E-state index in [4.69, 9.17) is 9.47 Å². The zero-order chi connectivity index (χ0) is 27.8. The summed E-state index contributed by atoms with van der Waals surface area (Å²) in [4.78, 5) is 28.1. The first-order chi connectivity index (χ1) is 17.4. The number of sulfonamides is 1. The van der Waals surface area contributed by atoms with Crippen molar-refractivity contribution in [1.82, 2.24) is 10.2 Å². The second-order valence-electron chi connectivity index (χ2n) is 8.70. The highest BCUT2D eigenvalue weighted by Gasteiger charge is 2.32. The number of carbonyl (C=O) groups excluding carboxylic acids is 2. The summed E-state index contributed by atoms with van der Waals surface area (Å²) < 4.78 is 50.5. The molecule has 0 heterocycles. The molecule has 0 radical (unpaired) electrons. The Labute approximate surface area is 218 Å². The third-order valence-electron chi connectivity index (χ3n) is 5.99. The van der Waals surface area contributed by atoms with Gasteiger partial charge in [0.25, 0.3) is 0 Å². The van der Waals surface area contributed by atoms with Gasteiger partial charge in [-0.25, -0.2) is 12.8 Å². The molecule has 0 aromatic heterocycles. The van der Waals surface area contributed by atoms with Crippen LogP contribution >= 0.6 is 0 Å². The minimum absolute atomic E-state index is 0.00488. The van der Waals surface area contributed by atoms with Crippen LogP contribution in [0.1, 0.15) is 39.2 Å². The maximum atomic E-state index is 13.7. The molecular weight excluding hydrogens is 501 g/mol. The van der Waals surface area contributed by atoms with Crippen LogP contribution in [0.4, 0.5) is 10.1 Å². The third-order valence-corrected chi connectivity index (χ3v) is 7.13. The Bertz CT molecular complexity index is 1170. The molecule has 2 aromatic carbocycles. The average molecular weight is 538 g/mol. The predicted octanol–water partition coefficient (Wildman–Crippen LogP) is 3.33. The third kappa shape index (κ3) is 8.08. The molecule has 0 spiro atoms. The molecule has 2 aromatic rings. The summed E-state index contributed by atoms with van der Waals surface area (Å²) in [6.07, 6.45) is 1.99. The first-order valence-corrected chi connectivity index (χ1v) is 13.8. The highest BCUT2D eigenvalue weighted by Crippen LogP contribution is 2.32. The van der Waals surface area contributed by atoms with E-state index in [9.17, 15) is 22.4 Å². The number of methoxy groups -OCH3 is 2. The molecule has 0 aliphatic heterocycles. The minimum atomic E-state index is -3.91. The van der Waals surface area contributed by atoms with E-state index in [0.29, 0.717) is 29.9 Å². The minimum Gasteiger partial charge on any atom is -0.493 e. The Hall–Kier alpha value is -3.34. The molecular formula is C26H36FN3O6S. The van der Waals surface area contributed by atoms with Crippen LogP contribution < -0.4 is 19.1 Å². The Morgan fingerprint density at radius 3 is 2.14 bits per heavy atom. The Morgan fingerprint density at radius 2 is 1.62 bits per heavy atom. The lowest BCUT2D eigenvalue weighted by Crippen LogP contribution is -2.53. The van der Waals surface area contributed by atoms with E-state index < -0.39 is 34.3 Å². The van der Waals surface area contributed by atoms with Crippen molar-refractivity contribution in [2.24, 2.45) is 0 Å². The predicted molar refractivity (Wildman–Crippen MR) is 141 cm³/mol. The normalized spacial score (nSPS) is 12.8. The number of ether oxygens (including phenoxy) is 2. The van der Waals surface area contributed by atoms with E-state index in [2.05, 4.69) is 5.32 Å². The second kappa shape index (κ2) is 13.3. The van der Waals surface area contributed by atoms with Crippen molar-refractivity contribution in [2.45, 2.75) is 52.2 Å². The topological polar surface area (TPSA) is 105 Å². The molecule has 2 rings (SSSR count). The van der Waals surface area contributed by atoms with Crippen LogP contribution in [0.5, 0.6) is 11.5 Å². The van der Waals surface area contributed by atoms with E-state index in [1.54, 1.807) is 13.0 Å². The number of nitrogens with one attached hydrogen (secondary N) is 1. The van der Waals surface area contributed by atoms with Gasteiger partial charge in [-0.2, -0.15) is 0 Å². The SMILES string of the molecule is CCC(C)NC(=O)C(CC)N(Cc1ccc(F)cc1)C(=O)CN(c1ccc(OC)c(OC)c1)S(C)(=O)=O. The fourth-order valence-electron chi connectivity index (χ4n) is 3.74. The summed E-state index contributed by atoms with van der Waals surface area (Å²) in [5.41, 5.74) is 0.800. The lowest BCUT2D eigenvalue weighted by molar-refractivity contribution is -0.140. The molecule has 0 aliphatic rings. The van der Waals surface area contributed by atoms with Gasteiger partial charge in [0, 0.05) is 18.7 Å². The number of halogens is 1. The van der Waals surface area contributed by atoms with Crippen molar-refractivity contribution in [2.75, 3.05) is 31.3 Å². The summed E-state index contributed by atoms with van der Waals surface area (Å²) >= 11 is 0. The fourth-order valence-corrected chi connectivity index (χ4v) is 4.58. The molecule has 0 fully saturated rings. The van der Waals surface area contributed by atoms with Gasteiger partial charge in [-0.3, -0.25) is 13.9 Å². The molecule has 0 saturated carbocycles. The first-order valence-electron chi connectivity index (χ1n) is 12.0. The smallest absolute Gasteiger partial charge is 0.244 e. The van der Waals surface area contributed by atoms with E-state index in [1.165, 1.54) is 55.5 Å². The summed E-state index contributed by atoms with van der Waals surface area (Å²) in [6.45, 7) is 5.01. The number of hydrogen-bond donors (Lipinski definition) is 1. The Morgan fingerprint density at radius 1 is 1.00 bits per heavy atom. The average Bonchev–Trinajstić information content (AvgIpc) is 2.86. The largest absolute Gasteiger partial charge is 0.493 e. The summed E-state index contributed by atoms with van der Waals surface area (Å²) in [5, 5.41) is 2.90. The second-order valence-corrected chi connectivity index (χ2v) is 10.6. The standard InChI is InChI=1S/C26H36FN3O6S/c1-7-18(3)28-26(32)22(8-2)29(16-19-9-11-20(27)12-10-19)25(31)17-30(37(6,33)34)21-13-14-23(35-4)24(15-21)36-5/h9-15,18,22H,7-8,16-17H2,1-6H3,(H,28,32). The van der Waals surface area contributed by atoms with Crippen LogP contribution in [0.25, 0.3) is 0 Å². The molecule has 204 valence electrons. The molecule has 37 heavy (non-hydrogen) atoms. The van der Waals surface area contributed by atoms with Crippen molar-refractivity contribution in [3.05, 3.63) is 53.8 Å². The molecule has 0 saturated heterocycles. The van der Waals surface area contributed by atoms with E-state index in [-0.39, 0.29) is 24.2 Å². The number of anilines is 1. The van der Waals surface area contributed by atoms with Crippen LogP contribution in [0.2, 0.25) is 0 Å². The van der Waals surface area contributed by atoms with Gasteiger partial charge in [-0.05, 0) is 49.6 Å². The van der Waals surface area contributed by atoms with Crippen molar-refractivity contribution in [3.8, 4) is 11.5 Å². The van der Waals surface area contributed by atoms with Crippen LogP contribution in [0.3, 0.4) is 0 Å². The lowest BCUT2D eigenvalue weighted by atomic mass is 10.1. The lowest BCUT2D eigenvalue weighted by Gasteiger charge is -2.33. The molecule has 0 aliphatic carbocycles. The quantitative estimate of drug-likeness (QED) is 0.420. The highest BCUT2D eigenvalue weighted by molar-refractivity contribution is 7.92. The zero-order valence-electron chi connectivity index (χ0n) is 22.2. The Balaban J connectivity index is 2.48. The molecule has 0 bridgehead atoms. The first kappa shape index (κ1) is 29.9. The Kier molecular flexibility index (Phi) is 10.7. The monoisotopic (exact) mass is 537 g/mol. The van der Waals surface area contributed by atoms with E-state index >= 15 is 0 Å². The maximum Gasteiger partial charge on any atom is 0.244 e. The van der Waals surface area contributed by atoms with E-state index in [0.717, 1.165) is 10.6 Å². The molecule has 9 nitrogen and oxygen atoms in total. The van der Waals surface area contributed by atoms with Crippen LogP contribution in [-0.4, -0.2) is 64.2 Å².